The minimum atomic E-state index is -0.836. The second-order valence-corrected chi connectivity index (χ2v) is 8.06. The number of hydrogen-bond donors (Lipinski definition) is 2. The van der Waals surface area contributed by atoms with Gasteiger partial charge < -0.3 is 19.9 Å². The number of hydrogen-bond acceptors (Lipinski definition) is 7. The molecule has 1 aliphatic carbocycles. The van der Waals surface area contributed by atoms with Crippen LogP contribution in [0.3, 0.4) is 0 Å². The number of carboxylic acid groups (broad SMARTS) is 1. The Morgan fingerprint density at radius 2 is 2.06 bits per heavy atom. The lowest BCUT2D eigenvalue weighted by molar-refractivity contribution is -0.146. The SMILES string of the molecule is CCCCOC(=O)NCc1c(-c2ccc(C)c(O[C@H]3CCCC[C@@H]3C(=O)O)n2)nnn1C. The van der Waals surface area contributed by atoms with E-state index in [-0.39, 0.29) is 6.54 Å². The molecule has 174 valence electrons. The van der Waals surface area contributed by atoms with E-state index in [0.29, 0.717) is 42.4 Å². The number of nitrogens with one attached hydrogen (secondary N) is 1. The van der Waals surface area contributed by atoms with Crippen LogP contribution in [0.1, 0.15) is 56.7 Å². The molecule has 3 rings (SSSR count). The number of carbonyl (C=O) groups excluding carboxylic acids is 1. The van der Waals surface area contributed by atoms with Crippen molar-refractivity contribution in [2.45, 2.75) is 65.0 Å². The van der Waals surface area contributed by atoms with E-state index in [0.717, 1.165) is 31.2 Å². The summed E-state index contributed by atoms with van der Waals surface area (Å²) in [7, 11) is 1.74. The van der Waals surface area contributed by atoms with Crippen molar-refractivity contribution in [2.75, 3.05) is 6.61 Å². The summed E-state index contributed by atoms with van der Waals surface area (Å²) >= 11 is 0. The van der Waals surface area contributed by atoms with Crippen LogP contribution in [0.4, 0.5) is 4.79 Å². The predicted molar refractivity (Wildman–Crippen MR) is 116 cm³/mol. The number of carboxylic acids is 1. The second-order valence-electron chi connectivity index (χ2n) is 8.06. The Morgan fingerprint density at radius 1 is 1.28 bits per heavy atom. The van der Waals surface area contributed by atoms with Crippen LogP contribution < -0.4 is 10.1 Å². The molecule has 10 nitrogen and oxygen atoms in total. The third-order valence-electron chi connectivity index (χ3n) is 5.65. The fourth-order valence-electron chi connectivity index (χ4n) is 3.72. The van der Waals surface area contributed by atoms with Crippen LogP contribution in [-0.2, 0) is 23.1 Å². The second kappa shape index (κ2) is 10.9. The third kappa shape index (κ3) is 5.74. The van der Waals surface area contributed by atoms with E-state index in [1.807, 2.05) is 26.0 Å². The van der Waals surface area contributed by atoms with Gasteiger partial charge >= 0.3 is 12.1 Å². The first-order valence-corrected chi connectivity index (χ1v) is 11.1. The Kier molecular flexibility index (Phi) is 8.02. The molecule has 1 aliphatic rings. The number of aliphatic carboxylic acids is 1. The molecule has 1 saturated carbocycles. The summed E-state index contributed by atoms with van der Waals surface area (Å²) in [4.78, 5) is 28.1. The highest BCUT2D eigenvalue weighted by atomic mass is 16.5. The van der Waals surface area contributed by atoms with E-state index in [1.165, 1.54) is 0 Å². The number of aryl methyl sites for hydroxylation is 2. The predicted octanol–water partition coefficient (Wildman–Crippen LogP) is 3.23. The Balaban J connectivity index is 1.76. The minimum Gasteiger partial charge on any atom is -0.481 e. The van der Waals surface area contributed by atoms with Gasteiger partial charge in [0.25, 0.3) is 0 Å². The van der Waals surface area contributed by atoms with E-state index in [4.69, 9.17) is 9.47 Å². The van der Waals surface area contributed by atoms with Gasteiger partial charge in [0.2, 0.25) is 5.88 Å². The van der Waals surface area contributed by atoms with Crippen molar-refractivity contribution in [2.24, 2.45) is 13.0 Å². The Labute approximate surface area is 187 Å². The van der Waals surface area contributed by atoms with Crippen LogP contribution in [0.25, 0.3) is 11.4 Å². The fraction of sp³-hybridized carbons (Fsp3) is 0.591. The summed E-state index contributed by atoms with van der Waals surface area (Å²) in [6.07, 6.45) is 3.95. The maximum atomic E-state index is 11.9. The topological polar surface area (TPSA) is 128 Å². The average Bonchev–Trinajstić information content (AvgIpc) is 3.14. The molecule has 2 atom stereocenters. The molecule has 2 aromatic rings. The minimum absolute atomic E-state index is 0.180. The van der Waals surface area contributed by atoms with Gasteiger partial charge in [0.05, 0.1) is 30.5 Å². The molecule has 1 fully saturated rings. The monoisotopic (exact) mass is 445 g/mol. The molecule has 2 aromatic heterocycles. The number of alkyl carbamates (subject to hydrolysis) is 1. The van der Waals surface area contributed by atoms with E-state index in [2.05, 4.69) is 20.6 Å². The van der Waals surface area contributed by atoms with Crippen molar-refractivity contribution < 1.29 is 24.2 Å². The Bertz CT molecular complexity index is 945. The highest BCUT2D eigenvalue weighted by Gasteiger charge is 2.33. The highest BCUT2D eigenvalue weighted by Crippen LogP contribution is 2.31. The maximum absolute atomic E-state index is 11.9. The maximum Gasteiger partial charge on any atom is 0.407 e. The van der Waals surface area contributed by atoms with Crippen LogP contribution in [0.15, 0.2) is 12.1 Å². The molecule has 0 radical (unpaired) electrons. The van der Waals surface area contributed by atoms with Crippen molar-refractivity contribution in [3.05, 3.63) is 23.4 Å². The number of carbonyl (C=O) groups is 2. The molecule has 2 N–H and O–H groups in total. The van der Waals surface area contributed by atoms with Crippen LogP contribution in [0.2, 0.25) is 0 Å². The van der Waals surface area contributed by atoms with Gasteiger partial charge in [-0.2, -0.15) is 0 Å². The molecule has 1 amide bonds. The lowest BCUT2D eigenvalue weighted by Gasteiger charge is -2.29. The van der Waals surface area contributed by atoms with E-state index >= 15 is 0 Å². The number of rotatable bonds is 9. The molecule has 0 unspecified atom stereocenters. The van der Waals surface area contributed by atoms with Crippen molar-refractivity contribution >= 4 is 12.1 Å². The Morgan fingerprint density at radius 3 is 2.81 bits per heavy atom. The summed E-state index contributed by atoms with van der Waals surface area (Å²) in [5.74, 6) is -0.982. The summed E-state index contributed by atoms with van der Waals surface area (Å²) in [6.45, 7) is 4.45. The van der Waals surface area contributed by atoms with Gasteiger partial charge in [0, 0.05) is 12.6 Å². The van der Waals surface area contributed by atoms with Gasteiger partial charge in [-0.1, -0.05) is 31.0 Å². The van der Waals surface area contributed by atoms with Crippen LogP contribution in [0, 0.1) is 12.8 Å². The molecule has 10 heteroatoms. The highest BCUT2D eigenvalue weighted by molar-refractivity contribution is 5.71. The molecule has 0 aliphatic heterocycles. The van der Waals surface area contributed by atoms with Gasteiger partial charge in [-0.05, 0) is 38.7 Å². The first kappa shape index (κ1) is 23.5. The number of unbranched alkanes of at least 4 members (excludes halogenated alkanes) is 1. The van der Waals surface area contributed by atoms with Crippen LogP contribution in [-0.4, -0.2) is 49.9 Å². The molecule has 0 saturated heterocycles. The molecular formula is C22H31N5O5. The lowest BCUT2D eigenvalue weighted by atomic mass is 9.86. The number of ether oxygens (including phenoxy) is 2. The summed E-state index contributed by atoms with van der Waals surface area (Å²) in [5.41, 5.74) is 2.54. The molecule has 32 heavy (non-hydrogen) atoms. The number of aromatic nitrogens is 4. The lowest BCUT2D eigenvalue weighted by Crippen LogP contribution is -2.36. The van der Waals surface area contributed by atoms with Crippen molar-refractivity contribution in [1.29, 1.82) is 0 Å². The largest absolute Gasteiger partial charge is 0.481 e. The number of nitrogens with zero attached hydrogens (tertiary/aromatic N) is 4. The normalized spacial score (nSPS) is 18.2. The number of amides is 1. The van der Waals surface area contributed by atoms with Gasteiger partial charge in [-0.15, -0.1) is 5.10 Å². The van der Waals surface area contributed by atoms with Crippen molar-refractivity contribution in [1.82, 2.24) is 25.3 Å². The fourth-order valence-corrected chi connectivity index (χ4v) is 3.72. The van der Waals surface area contributed by atoms with Crippen LogP contribution >= 0.6 is 0 Å². The summed E-state index contributed by atoms with van der Waals surface area (Å²) in [6, 6.07) is 3.67. The van der Waals surface area contributed by atoms with Crippen molar-refractivity contribution in [3.8, 4) is 17.3 Å². The standard InChI is InChI=1S/C22H31N5O5/c1-4-5-12-31-22(30)23-13-17-19(25-26-27(17)3)16-11-10-14(2)20(24-16)32-18-9-7-6-8-15(18)21(28)29/h10-11,15,18H,4-9,12-13H2,1-3H3,(H,23,30)(H,28,29)/t15-,18-/m0/s1. The van der Waals surface area contributed by atoms with Crippen LogP contribution in [0.5, 0.6) is 5.88 Å². The molecular weight excluding hydrogens is 414 g/mol. The molecule has 0 aromatic carbocycles. The summed E-state index contributed by atoms with van der Waals surface area (Å²) in [5, 5.41) is 20.5. The zero-order chi connectivity index (χ0) is 23.1. The summed E-state index contributed by atoms with van der Waals surface area (Å²) < 4.78 is 12.8. The van der Waals surface area contributed by atoms with E-state index in [1.54, 1.807) is 11.7 Å². The third-order valence-corrected chi connectivity index (χ3v) is 5.65. The molecule has 2 heterocycles. The molecule has 0 spiro atoms. The molecule has 0 bridgehead atoms. The number of pyridine rings is 1. The van der Waals surface area contributed by atoms with E-state index < -0.39 is 24.1 Å². The smallest absolute Gasteiger partial charge is 0.407 e. The van der Waals surface area contributed by atoms with Gasteiger partial charge in [-0.25, -0.2) is 14.5 Å². The van der Waals surface area contributed by atoms with E-state index in [9.17, 15) is 14.7 Å². The van der Waals surface area contributed by atoms with Gasteiger partial charge in [0.15, 0.2) is 0 Å². The van der Waals surface area contributed by atoms with Gasteiger partial charge in [-0.3, -0.25) is 4.79 Å². The first-order chi connectivity index (χ1) is 15.4. The quantitative estimate of drug-likeness (QED) is 0.563. The Hall–Kier alpha value is -3.17. The first-order valence-electron chi connectivity index (χ1n) is 11.1. The van der Waals surface area contributed by atoms with Crippen molar-refractivity contribution in [3.63, 3.8) is 0 Å². The zero-order valence-electron chi connectivity index (χ0n) is 18.8. The average molecular weight is 446 g/mol. The van der Waals surface area contributed by atoms with Gasteiger partial charge in [0.1, 0.15) is 11.8 Å². The zero-order valence-corrected chi connectivity index (χ0v) is 18.8.